The van der Waals surface area contributed by atoms with E-state index < -0.39 is 0 Å². The summed E-state index contributed by atoms with van der Waals surface area (Å²) in [5.74, 6) is 4.62. The monoisotopic (exact) mass is 395 g/mol. The van der Waals surface area contributed by atoms with E-state index in [0.717, 1.165) is 35.8 Å². The van der Waals surface area contributed by atoms with E-state index in [2.05, 4.69) is 58.0 Å². The molecule has 29 heavy (non-hydrogen) atoms. The van der Waals surface area contributed by atoms with Crippen molar-refractivity contribution >= 4 is 5.71 Å². The first-order chi connectivity index (χ1) is 13.9. The summed E-state index contributed by atoms with van der Waals surface area (Å²) in [7, 11) is 0. The van der Waals surface area contributed by atoms with Gasteiger partial charge in [-0.25, -0.2) is 0 Å². The number of aryl methyl sites for hydroxylation is 1. The molecular weight excluding hydrogens is 354 g/mol. The Morgan fingerprint density at radius 3 is 2.66 bits per heavy atom. The second-order valence-electron chi connectivity index (χ2n) is 11.2. The zero-order valence-corrected chi connectivity index (χ0v) is 19.2. The van der Waals surface area contributed by atoms with Crippen molar-refractivity contribution in [1.82, 2.24) is 0 Å². The average molecular weight is 396 g/mol. The minimum atomic E-state index is 0.471. The van der Waals surface area contributed by atoms with Crippen LogP contribution in [0.15, 0.2) is 23.4 Å². The van der Waals surface area contributed by atoms with Crippen molar-refractivity contribution in [2.75, 3.05) is 0 Å². The third-order valence-electron chi connectivity index (χ3n) is 9.19. The fourth-order valence-corrected chi connectivity index (χ4v) is 7.81. The topological polar surface area (TPSA) is 32.6 Å². The maximum Gasteiger partial charge on any atom is 0.0873 e. The van der Waals surface area contributed by atoms with Gasteiger partial charge in [0.1, 0.15) is 0 Å². The Morgan fingerprint density at radius 1 is 1.14 bits per heavy atom. The SMILES string of the molecule is Cc1cccc2c1[C@H]1CC[C@]3(C)[C@@H]([C@H](C)CCCC(C)C)CC[C@H]3[C@@H]1C/C2=N/O. The van der Waals surface area contributed by atoms with E-state index in [-0.39, 0.29) is 0 Å². The van der Waals surface area contributed by atoms with Crippen molar-refractivity contribution < 1.29 is 5.21 Å². The molecule has 3 aliphatic rings. The predicted octanol–water partition coefficient (Wildman–Crippen LogP) is 7.57. The maximum absolute atomic E-state index is 9.79. The number of hydrogen-bond donors (Lipinski definition) is 1. The van der Waals surface area contributed by atoms with Gasteiger partial charge in [0.15, 0.2) is 0 Å². The summed E-state index contributed by atoms with van der Waals surface area (Å²) in [6.07, 6.45) is 10.6. The van der Waals surface area contributed by atoms with Crippen LogP contribution in [0.5, 0.6) is 0 Å². The molecular formula is C27H41NO. The Labute approximate surface area is 178 Å². The van der Waals surface area contributed by atoms with Gasteiger partial charge in [0.25, 0.3) is 0 Å². The molecule has 160 valence electrons. The lowest BCUT2D eigenvalue weighted by Gasteiger charge is -2.52. The van der Waals surface area contributed by atoms with Crippen molar-refractivity contribution in [1.29, 1.82) is 0 Å². The number of hydrogen-bond acceptors (Lipinski definition) is 2. The third kappa shape index (κ3) is 3.55. The molecule has 0 bridgehead atoms. The van der Waals surface area contributed by atoms with Gasteiger partial charge in [0.2, 0.25) is 0 Å². The van der Waals surface area contributed by atoms with Crippen LogP contribution in [0.4, 0.5) is 0 Å². The Morgan fingerprint density at radius 2 is 1.93 bits per heavy atom. The van der Waals surface area contributed by atoms with Gasteiger partial charge in [-0.3, -0.25) is 0 Å². The lowest BCUT2D eigenvalue weighted by molar-refractivity contribution is 0.0168. The van der Waals surface area contributed by atoms with Crippen LogP contribution in [0.25, 0.3) is 0 Å². The standard InChI is InChI=1S/C27H41NO/c1-17(2)8-6-9-18(3)23-12-13-24-22-16-25(28-29)21-11-7-10-19(4)26(21)20(22)14-15-27(23,24)5/h7,10-11,17-18,20,22-24,29H,6,8-9,12-16H2,1-5H3/b28-25-/t18-,20+,22-,23-,24+,27-/m1/s1. The molecule has 0 unspecified atom stereocenters. The molecule has 3 aliphatic carbocycles. The van der Waals surface area contributed by atoms with Crippen LogP contribution in [-0.2, 0) is 0 Å². The molecule has 0 aliphatic heterocycles. The van der Waals surface area contributed by atoms with Crippen LogP contribution in [-0.4, -0.2) is 10.9 Å². The van der Waals surface area contributed by atoms with Crippen LogP contribution in [0, 0.1) is 41.9 Å². The first-order valence-corrected chi connectivity index (χ1v) is 12.2. The molecule has 1 N–H and O–H groups in total. The number of oxime groups is 1. The van der Waals surface area contributed by atoms with Crippen molar-refractivity contribution in [3.05, 3.63) is 34.9 Å². The van der Waals surface area contributed by atoms with Crippen LogP contribution < -0.4 is 0 Å². The maximum atomic E-state index is 9.79. The van der Waals surface area contributed by atoms with E-state index >= 15 is 0 Å². The van der Waals surface area contributed by atoms with Gasteiger partial charge in [-0.05, 0) is 91.1 Å². The van der Waals surface area contributed by atoms with E-state index in [9.17, 15) is 5.21 Å². The smallest absolute Gasteiger partial charge is 0.0873 e. The zero-order valence-electron chi connectivity index (χ0n) is 19.2. The highest BCUT2D eigenvalue weighted by atomic mass is 16.4. The van der Waals surface area contributed by atoms with Crippen molar-refractivity contribution in [2.45, 2.75) is 91.9 Å². The van der Waals surface area contributed by atoms with E-state index in [0.29, 0.717) is 17.3 Å². The Balaban J connectivity index is 1.58. The minimum Gasteiger partial charge on any atom is -0.411 e. The van der Waals surface area contributed by atoms with Gasteiger partial charge in [0.05, 0.1) is 5.71 Å². The molecule has 0 radical (unpaired) electrons. The van der Waals surface area contributed by atoms with Crippen LogP contribution in [0.1, 0.15) is 102 Å². The molecule has 1 aromatic carbocycles. The number of fused-ring (bicyclic) bond motifs is 5. The van der Waals surface area contributed by atoms with Crippen molar-refractivity contribution in [3.8, 4) is 0 Å². The molecule has 0 heterocycles. The van der Waals surface area contributed by atoms with E-state index in [4.69, 9.17) is 0 Å². The summed E-state index contributed by atoms with van der Waals surface area (Å²) in [5, 5.41) is 13.6. The molecule has 4 rings (SSSR count). The lowest BCUT2D eigenvalue weighted by atomic mass is 9.52. The van der Waals surface area contributed by atoms with Gasteiger partial charge in [-0.2, -0.15) is 0 Å². The highest BCUT2D eigenvalue weighted by molar-refractivity contribution is 6.03. The molecule has 0 aromatic heterocycles. The largest absolute Gasteiger partial charge is 0.411 e. The Hall–Kier alpha value is -1.31. The van der Waals surface area contributed by atoms with Crippen LogP contribution in [0.3, 0.4) is 0 Å². The van der Waals surface area contributed by atoms with Crippen LogP contribution in [0.2, 0.25) is 0 Å². The minimum absolute atomic E-state index is 0.471. The fraction of sp³-hybridized carbons (Fsp3) is 0.741. The van der Waals surface area contributed by atoms with Crippen LogP contribution >= 0.6 is 0 Å². The molecule has 2 nitrogen and oxygen atoms in total. The summed E-state index contributed by atoms with van der Waals surface area (Å²) in [5.41, 5.74) is 5.50. The fourth-order valence-electron chi connectivity index (χ4n) is 7.81. The van der Waals surface area contributed by atoms with E-state index in [1.807, 2.05) is 0 Å². The first kappa shape index (κ1) is 20.9. The molecule has 6 atom stereocenters. The first-order valence-electron chi connectivity index (χ1n) is 12.2. The van der Waals surface area contributed by atoms with Crippen molar-refractivity contribution in [3.63, 3.8) is 0 Å². The van der Waals surface area contributed by atoms with Gasteiger partial charge in [-0.15, -0.1) is 0 Å². The summed E-state index contributed by atoms with van der Waals surface area (Å²) in [6, 6.07) is 6.55. The van der Waals surface area contributed by atoms with E-state index in [1.54, 1.807) is 0 Å². The summed E-state index contributed by atoms with van der Waals surface area (Å²) >= 11 is 0. The number of rotatable bonds is 5. The summed E-state index contributed by atoms with van der Waals surface area (Å²) in [4.78, 5) is 0. The molecule has 2 heteroatoms. The second kappa shape index (κ2) is 8.08. The Bertz CT molecular complexity index is 766. The van der Waals surface area contributed by atoms with E-state index in [1.165, 1.54) is 61.6 Å². The highest BCUT2D eigenvalue weighted by Crippen LogP contribution is 2.64. The second-order valence-corrected chi connectivity index (χ2v) is 11.2. The molecule has 2 fully saturated rings. The molecule has 0 spiro atoms. The third-order valence-corrected chi connectivity index (χ3v) is 9.19. The highest BCUT2D eigenvalue weighted by Gasteiger charge is 2.56. The zero-order chi connectivity index (χ0) is 20.8. The quantitative estimate of drug-likeness (QED) is 0.405. The predicted molar refractivity (Wildman–Crippen MR) is 122 cm³/mol. The van der Waals surface area contributed by atoms with Crippen molar-refractivity contribution in [2.24, 2.45) is 40.2 Å². The molecule has 1 aromatic rings. The molecule has 0 amide bonds. The van der Waals surface area contributed by atoms with Gasteiger partial charge < -0.3 is 5.21 Å². The number of nitrogens with zero attached hydrogens (tertiary/aromatic N) is 1. The Kier molecular flexibility index (Phi) is 5.84. The summed E-state index contributed by atoms with van der Waals surface area (Å²) < 4.78 is 0. The van der Waals surface area contributed by atoms with Gasteiger partial charge >= 0.3 is 0 Å². The van der Waals surface area contributed by atoms with Gasteiger partial charge in [0, 0.05) is 5.56 Å². The van der Waals surface area contributed by atoms with Gasteiger partial charge in [-0.1, -0.05) is 70.3 Å². The summed E-state index contributed by atoms with van der Waals surface area (Å²) in [6.45, 7) is 12.1. The average Bonchev–Trinajstić information content (AvgIpc) is 3.04. The normalized spacial score (nSPS) is 36.0. The number of benzene rings is 1. The molecule has 2 saturated carbocycles. The molecule has 0 saturated heterocycles. The lowest BCUT2D eigenvalue weighted by Crippen LogP contribution is -2.44.